The van der Waals surface area contributed by atoms with Crippen LogP contribution in [0.4, 0.5) is 0 Å². The lowest BCUT2D eigenvalue weighted by atomic mass is 9.78. The van der Waals surface area contributed by atoms with Gasteiger partial charge in [0, 0.05) is 4.47 Å². The third kappa shape index (κ3) is 4.06. The molecule has 0 unspecified atom stereocenters. The highest BCUT2D eigenvalue weighted by Crippen LogP contribution is 2.36. The van der Waals surface area contributed by atoms with Gasteiger partial charge in [-0.15, -0.1) is 0 Å². The number of rotatable bonds is 4. The molecule has 0 bridgehead atoms. The van der Waals surface area contributed by atoms with Gasteiger partial charge in [0.05, 0.1) is 16.2 Å². The van der Waals surface area contributed by atoms with E-state index in [0.717, 1.165) is 15.5 Å². The highest BCUT2D eigenvalue weighted by molar-refractivity contribution is 9.10. The van der Waals surface area contributed by atoms with E-state index in [1.807, 2.05) is 36.4 Å². The van der Waals surface area contributed by atoms with E-state index in [1.165, 1.54) is 0 Å². The zero-order chi connectivity index (χ0) is 18.2. The van der Waals surface area contributed by atoms with Crippen LogP contribution >= 0.6 is 27.5 Å². The average molecular weight is 424 g/mol. The molecule has 0 N–H and O–H groups in total. The molecule has 1 aliphatic rings. The smallest absolute Gasteiger partial charge is 0.487 e. The zero-order valence-electron chi connectivity index (χ0n) is 14.8. The van der Waals surface area contributed by atoms with Crippen molar-refractivity contribution in [3.05, 3.63) is 57.5 Å². The van der Waals surface area contributed by atoms with E-state index in [9.17, 15) is 0 Å². The molecule has 1 saturated heterocycles. The Morgan fingerprint density at radius 3 is 2.36 bits per heavy atom. The molecule has 0 aliphatic carbocycles. The Morgan fingerprint density at radius 1 is 1.04 bits per heavy atom. The summed E-state index contributed by atoms with van der Waals surface area (Å²) in [6.45, 7) is 8.63. The van der Waals surface area contributed by atoms with Gasteiger partial charge in [0.2, 0.25) is 0 Å². The number of hydrogen-bond acceptors (Lipinski definition) is 3. The van der Waals surface area contributed by atoms with E-state index >= 15 is 0 Å². The van der Waals surface area contributed by atoms with E-state index in [1.54, 1.807) is 0 Å². The first-order valence-corrected chi connectivity index (χ1v) is 9.37. The maximum Gasteiger partial charge on any atom is 0.494 e. The first-order valence-electron chi connectivity index (χ1n) is 8.20. The van der Waals surface area contributed by atoms with Gasteiger partial charge in [-0.1, -0.05) is 51.8 Å². The Labute approximate surface area is 162 Å². The molecule has 2 aromatic rings. The zero-order valence-corrected chi connectivity index (χ0v) is 17.1. The molecule has 132 valence electrons. The third-order valence-electron chi connectivity index (χ3n) is 4.76. The molecule has 0 amide bonds. The van der Waals surface area contributed by atoms with Crippen molar-refractivity contribution in [1.29, 1.82) is 0 Å². The Bertz CT molecular complexity index is 763. The van der Waals surface area contributed by atoms with Crippen LogP contribution in [0, 0.1) is 0 Å². The van der Waals surface area contributed by atoms with Crippen molar-refractivity contribution in [2.75, 3.05) is 0 Å². The minimum absolute atomic E-state index is 0.352. The lowest BCUT2D eigenvalue weighted by Gasteiger charge is -2.32. The van der Waals surface area contributed by atoms with Crippen molar-refractivity contribution < 1.29 is 14.0 Å². The van der Waals surface area contributed by atoms with Crippen molar-refractivity contribution in [3.8, 4) is 5.75 Å². The van der Waals surface area contributed by atoms with Gasteiger partial charge in [-0.2, -0.15) is 0 Å². The maximum absolute atomic E-state index is 6.20. The van der Waals surface area contributed by atoms with Crippen LogP contribution in [0.2, 0.25) is 5.02 Å². The molecule has 2 aromatic carbocycles. The average Bonchev–Trinajstić information content (AvgIpc) is 2.75. The molecule has 0 saturated carbocycles. The Morgan fingerprint density at radius 2 is 1.72 bits per heavy atom. The Balaban J connectivity index is 1.72. The second kappa shape index (κ2) is 6.95. The first-order chi connectivity index (χ1) is 11.7. The molecule has 3 nitrogen and oxygen atoms in total. The predicted molar refractivity (Wildman–Crippen MR) is 106 cm³/mol. The summed E-state index contributed by atoms with van der Waals surface area (Å²) in [4.78, 5) is 0. The fourth-order valence-corrected chi connectivity index (χ4v) is 3.29. The largest absolute Gasteiger partial charge is 0.494 e. The Hall–Kier alpha value is -1.01. The normalized spacial score (nSPS) is 18.4. The molecule has 0 spiro atoms. The van der Waals surface area contributed by atoms with Gasteiger partial charge < -0.3 is 14.0 Å². The summed E-state index contributed by atoms with van der Waals surface area (Å²) in [5, 5.41) is 0.580. The standard InChI is InChI=1S/C19H21BBrClO3/c1-18(2)19(3,4)25-20(24-18)14-7-5-6-13(10-14)12-23-17-9-8-15(21)11-16(17)22/h5-11H,12H2,1-4H3. The van der Waals surface area contributed by atoms with Crippen molar-refractivity contribution in [1.82, 2.24) is 0 Å². The topological polar surface area (TPSA) is 27.7 Å². The second-order valence-corrected chi connectivity index (χ2v) is 8.52. The van der Waals surface area contributed by atoms with E-state index in [2.05, 4.69) is 49.7 Å². The molecule has 0 radical (unpaired) electrons. The number of halogens is 2. The summed E-state index contributed by atoms with van der Waals surface area (Å²) in [5.74, 6) is 0.658. The summed E-state index contributed by atoms with van der Waals surface area (Å²) in [5.41, 5.74) is 1.32. The minimum Gasteiger partial charge on any atom is -0.487 e. The minimum atomic E-state index is -0.374. The van der Waals surface area contributed by atoms with E-state index in [0.29, 0.717) is 17.4 Å². The second-order valence-electron chi connectivity index (χ2n) is 7.20. The lowest BCUT2D eigenvalue weighted by molar-refractivity contribution is 0.00578. The summed E-state index contributed by atoms with van der Waals surface area (Å²) < 4.78 is 19.0. The molecule has 25 heavy (non-hydrogen) atoms. The molecule has 3 rings (SSSR count). The molecular weight excluding hydrogens is 402 g/mol. The fraction of sp³-hybridized carbons (Fsp3) is 0.368. The van der Waals surface area contributed by atoms with Crippen LogP contribution in [-0.4, -0.2) is 18.3 Å². The molecule has 1 fully saturated rings. The third-order valence-corrected chi connectivity index (χ3v) is 5.55. The van der Waals surface area contributed by atoms with Crippen LogP contribution < -0.4 is 10.2 Å². The van der Waals surface area contributed by atoms with Crippen LogP contribution in [0.1, 0.15) is 33.3 Å². The number of benzene rings is 2. The highest BCUT2D eigenvalue weighted by Gasteiger charge is 2.51. The number of hydrogen-bond donors (Lipinski definition) is 0. The molecule has 1 heterocycles. The van der Waals surface area contributed by atoms with Crippen LogP contribution in [0.15, 0.2) is 46.9 Å². The van der Waals surface area contributed by atoms with Crippen molar-refractivity contribution >= 4 is 40.1 Å². The van der Waals surface area contributed by atoms with Gasteiger partial charge in [-0.3, -0.25) is 0 Å². The predicted octanol–water partition coefficient (Wildman–Crippen LogP) is 4.98. The van der Waals surface area contributed by atoms with Crippen LogP contribution in [0.5, 0.6) is 5.75 Å². The Kier molecular flexibility index (Phi) is 5.22. The van der Waals surface area contributed by atoms with Gasteiger partial charge in [0.25, 0.3) is 0 Å². The van der Waals surface area contributed by atoms with Crippen LogP contribution in [0.3, 0.4) is 0 Å². The summed E-state index contributed by atoms with van der Waals surface area (Å²) >= 11 is 9.59. The summed E-state index contributed by atoms with van der Waals surface area (Å²) in [6.07, 6.45) is 0. The molecular formula is C19H21BBrClO3. The van der Waals surface area contributed by atoms with Crippen LogP contribution in [0.25, 0.3) is 0 Å². The molecule has 0 aromatic heterocycles. The highest BCUT2D eigenvalue weighted by atomic mass is 79.9. The quantitative estimate of drug-likeness (QED) is 0.649. The summed E-state index contributed by atoms with van der Waals surface area (Å²) in [6, 6.07) is 13.6. The van der Waals surface area contributed by atoms with Gasteiger partial charge in [0.1, 0.15) is 12.4 Å². The van der Waals surface area contributed by atoms with E-state index in [-0.39, 0.29) is 18.3 Å². The SMILES string of the molecule is CC1(C)OB(c2cccc(COc3ccc(Br)cc3Cl)c2)OC1(C)C. The van der Waals surface area contributed by atoms with E-state index < -0.39 is 0 Å². The van der Waals surface area contributed by atoms with Gasteiger partial charge in [-0.25, -0.2) is 0 Å². The first kappa shape index (κ1) is 18.8. The van der Waals surface area contributed by atoms with E-state index in [4.69, 9.17) is 25.6 Å². The lowest BCUT2D eigenvalue weighted by Crippen LogP contribution is -2.41. The van der Waals surface area contributed by atoms with Crippen molar-refractivity contribution in [2.24, 2.45) is 0 Å². The van der Waals surface area contributed by atoms with Gasteiger partial charge in [0.15, 0.2) is 0 Å². The van der Waals surface area contributed by atoms with Gasteiger partial charge >= 0.3 is 7.12 Å². The van der Waals surface area contributed by atoms with Crippen LogP contribution in [-0.2, 0) is 15.9 Å². The molecule has 1 aliphatic heterocycles. The van der Waals surface area contributed by atoms with Crippen molar-refractivity contribution in [3.63, 3.8) is 0 Å². The summed E-state index contributed by atoms with van der Waals surface area (Å²) in [7, 11) is -0.374. The number of ether oxygens (including phenoxy) is 1. The van der Waals surface area contributed by atoms with Crippen molar-refractivity contribution in [2.45, 2.75) is 45.5 Å². The molecule has 0 atom stereocenters. The van der Waals surface area contributed by atoms with Gasteiger partial charge in [-0.05, 0) is 56.9 Å². The fourth-order valence-electron chi connectivity index (χ4n) is 2.56. The monoisotopic (exact) mass is 422 g/mol. The maximum atomic E-state index is 6.20. The molecule has 6 heteroatoms.